The smallest absolute Gasteiger partial charge is 0.0807 e. The second kappa shape index (κ2) is 10.4. The van der Waals surface area contributed by atoms with Crippen LogP contribution in [0.25, 0.3) is 0 Å². The number of piperidine rings is 1. The largest absolute Gasteiger partial charge is 0.366 e. The van der Waals surface area contributed by atoms with Crippen LogP contribution in [0.2, 0.25) is 0 Å². The highest BCUT2D eigenvalue weighted by Crippen LogP contribution is 2.22. The van der Waals surface area contributed by atoms with Crippen molar-refractivity contribution in [2.75, 3.05) is 17.5 Å². The summed E-state index contributed by atoms with van der Waals surface area (Å²) in [6, 6.07) is 0. The second-order valence-corrected chi connectivity index (χ2v) is 7.47. The minimum atomic E-state index is 0.602. The Hall–Kier alpha value is 0.620. The van der Waals surface area contributed by atoms with E-state index in [1.165, 1.54) is 73.9 Å². The number of hydrogen-bond donors (Lipinski definition) is 0. The standard InChI is InChI=1S/C16H30INS/c1-3-15(10-11-17)9-7-8-14(2)16(19)18-12-5-4-6-13-18/h14-15H,3-13H2,1-2H3. The molecule has 2 atom stereocenters. The van der Waals surface area contributed by atoms with Crippen LogP contribution in [0.1, 0.15) is 65.2 Å². The van der Waals surface area contributed by atoms with Crippen LogP contribution in [0.15, 0.2) is 0 Å². The van der Waals surface area contributed by atoms with E-state index in [1.807, 2.05) is 0 Å². The normalized spacial score (nSPS) is 19.2. The van der Waals surface area contributed by atoms with Crippen LogP contribution in [0.4, 0.5) is 0 Å². The Balaban J connectivity index is 2.22. The molecule has 0 bridgehead atoms. The zero-order valence-corrected chi connectivity index (χ0v) is 15.6. The van der Waals surface area contributed by atoms with E-state index >= 15 is 0 Å². The minimum absolute atomic E-state index is 0.602. The van der Waals surface area contributed by atoms with E-state index in [2.05, 4.69) is 41.3 Å². The van der Waals surface area contributed by atoms with Crippen LogP contribution < -0.4 is 0 Å². The highest BCUT2D eigenvalue weighted by molar-refractivity contribution is 14.1. The Bertz CT molecular complexity index is 251. The van der Waals surface area contributed by atoms with Gasteiger partial charge in [0, 0.05) is 19.0 Å². The first kappa shape index (κ1) is 17.7. The Kier molecular flexibility index (Phi) is 9.64. The fourth-order valence-electron chi connectivity index (χ4n) is 2.97. The average molecular weight is 395 g/mol. The number of thiocarbonyl (C=S) groups is 1. The van der Waals surface area contributed by atoms with E-state index < -0.39 is 0 Å². The first-order chi connectivity index (χ1) is 9.19. The molecule has 1 fully saturated rings. The molecule has 1 rings (SSSR count). The Morgan fingerprint density at radius 3 is 2.42 bits per heavy atom. The maximum Gasteiger partial charge on any atom is 0.0807 e. The first-order valence-corrected chi connectivity index (χ1v) is 9.97. The predicted molar refractivity (Wildman–Crippen MR) is 98.3 cm³/mol. The Labute approximate surface area is 139 Å². The first-order valence-electron chi connectivity index (χ1n) is 8.03. The second-order valence-electron chi connectivity index (χ2n) is 5.97. The SMILES string of the molecule is CCC(CCI)CCCC(C)C(=S)N1CCCCC1. The van der Waals surface area contributed by atoms with Gasteiger partial charge in [-0.05, 0) is 42.4 Å². The lowest BCUT2D eigenvalue weighted by Gasteiger charge is -2.32. The molecule has 0 aromatic heterocycles. The van der Waals surface area contributed by atoms with E-state index in [9.17, 15) is 0 Å². The van der Waals surface area contributed by atoms with Gasteiger partial charge >= 0.3 is 0 Å². The summed E-state index contributed by atoms with van der Waals surface area (Å²) in [6.45, 7) is 7.07. The molecule has 0 N–H and O–H groups in total. The third-order valence-electron chi connectivity index (χ3n) is 4.43. The van der Waals surface area contributed by atoms with Crippen molar-refractivity contribution in [2.24, 2.45) is 11.8 Å². The average Bonchev–Trinajstić information content (AvgIpc) is 2.46. The van der Waals surface area contributed by atoms with Gasteiger partial charge in [0.15, 0.2) is 0 Å². The molecule has 0 aromatic carbocycles. The van der Waals surface area contributed by atoms with Gasteiger partial charge in [-0.1, -0.05) is 67.9 Å². The zero-order chi connectivity index (χ0) is 14.1. The Morgan fingerprint density at radius 1 is 1.16 bits per heavy atom. The number of nitrogens with zero attached hydrogens (tertiary/aromatic N) is 1. The molecule has 19 heavy (non-hydrogen) atoms. The molecule has 0 aromatic rings. The fourth-order valence-corrected chi connectivity index (χ4v) is 4.15. The number of halogens is 1. The van der Waals surface area contributed by atoms with E-state index in [-0.39, 0.29) is 0 Å². The van der Waals surface area contributed by atoms with E-state index in [0.29, 0.717) is 5.92 Å². The Morgan fingerprint density at radius 2 is 1.84 bits per heavy atom. The summed E-state index contributed by atoms with van der Waals surface area (Å²) >= 11 is 8.18. The van der Waals surface area contributed by atoms with Crippen LogP contribution >= 0.6 is 34.8 Å². The summed E-state index contributed by atoms with van der Waals surface area (Å²) in [7, 11) is 0. The highest BCUT2D eigenvalue weighted by atomic mass is 127. The van der Waals surface area contributed by atoms with Crippen molar-refractivity contribution in [1.82, 2.24) is 4.90 Å². The maximum atomic E-state index is 5.68. The van der Waals surface area contributed by atoms with E-state index in [4.69, 9.17) is 12.2 Å². The molecule has 1 aliphatic heterocycles. The topological polar surface area (TPSA) is 3.24 Å². The lowest BCUT2D eigenvalue weighted by molar-refractivity contribution is 0.329. The van der Waals surface area contributed by atoms with Gasteiger partial charge in [0.25, 0.3) is 0 Å². The van der Waals surface area contributed by atoms with Gasteiger partial charge in [0.2, 0.25) is 0 Å². The molecule has 0 amide bonds. The molecule has 112 valence electrons. The van der Waals surface area contributed by atoms with E-state index in [0.717, 1.165) is 5.92 Å². The maximum absolute atomic E-state index is 5.68. The van der Waals surface area contributed by atoms with Gasteiger partial charge < -0.3 is 4.90 Å². The molecule has 2 unspecified atom stereocenters. The molecular formula is C16H30INS. The van der Waals surface area contributed by atoms with E-state index in [1.54, 1.807) is 0 Å². The van der Waals surface area contributed by atoms with Crippen LogP contribution in [-0.4, -0.2) is 27.4 Å². The lowest BCUT2D eigenvalue weighted by atomic mass is 9.93. The minimum Gasteiger partial charge on any atom is -0.366 e. The monoisotopic (exact) mass is 395 g/mol. The van der Waals surface area contributed by atoms with Crippen LogP contribution in [-0.2, 0) is 0 Å². The summed E-state index contributed by atoms with van der Waals surface area (Å²) in [5, 5.41) is 0. The summed E-state index contributed by atoms with van der Waals surface area (Å²) in [5.41, 5.74) is 0. The summed E-state index contributed by atoms with van der Waals surface area (Å²) in [4.78, 5) is 3.70. The number of alkyl halides is 1. The summed E-state index contributed by atoms with van der Waals surface area (Å²) in [6.07, 6.45) is 10.8. The van der Waals surface area contributed by atoms with Crippen molar-refractivity contribution in [3.05, 3.63) is 0 Å². The van der Waals surface area contributed by atoms with Gasteiger partial charge in [-0.25, -0.2) is 0 Å². The van der Waals surface area contributed by atoms with Crippen molar-refractivity contribution in [3.63, 3.8) is 0 Å². The fraction of sp³-hybridized carbons (Fsp3) is 0.938. The summed E-state index contributed by atoms with van der Waals surface area (Å²) < 4.78 is 1.30. The third-order valence-corrected chi connectivity index (χ3v) is 5.72. The van der Waals surface area contributed by atoms with Gasteiger partial charge in [-0.15, -0.1) is 0 Å². The molecule has 1 aliphatic rings. The number of likely N-dealkylation sites (tertiary alicyclic amines) is 1. The molecule has 1 nitrogen and oxygen atoms in total. The van der Waals surface area contributed by atoms with Crippen LogP contribution in [0.5, 0.6) is 0 Å². The highest BCUT2D eigenvalue weighted by Gasteiger charge is 2.18. The predicted octanol–water partition coefficient (Wildman–Crippen LogP) is 5.46. The molecule has 1 saturated heterocycles. The molecule has 0 saturated carbocycles. The van der Waals surface area contributed by atoms with Gasteiger partial charge in [-0.2, -0.15) is 0 Å². The van der Waals surface area contributed by atoms with Crippen molar-refractivity contribution in [3.8, 4) is 0 Å². The van der Waals surface area contributed by atoms with Crippen LogP contribution in [0, 0.1) is 11.8 Å². The zero-order valence-electron chi connectivity index (χ0n) is 12.7. The number of hydrogen-bond acceptors (Lipinski definition) is 1. The van der Waals surface area contributed by atoms with Crippen molar-refractivity contribution >= 4 is 39.8 Å². The molecule has 0 aliphatic carbocycles. The van der Waals surface area contributed by atoms with Gasteiger partial charge in [0.05, 0.1) is 4.99 Å². The van der Waals surface area contributed by atoms with Gasteiger partial charge in [0.1, 0.15) is 0 Å². The molecule has 3 heteroatoms. The quantitative estimate of drug-likeness (QED) is 0.305. The molecular weight excluding hydrogens is 365 g/mol. The van der Waals surface area contributed by atoms with Crippen molar-refractivity contribution < 1.29 is 0 Å². The van der Waals surface area contributed by atoms with Crippen molar-refractivity contribution in [2.45, 2.75) is 65.2 Å². The molecule has 0 spiro atoms. The van der Waals surface area contributed by atoms with Crippen molar-refractivity contribution in [1.29, 1.82) is 0 Å². The number of rotatable bonds is 8. The third kappa shape index (κ3) is 6.74. The van der Waals surface area contributed by atoms with Crippen LogP contribution in [0.3, 0.4) is 0 Å². The molecule has 1 heterocycles. The summed E-state index contributed by atoms with van der Waals surface area (Å²) in [5.74, 6) is 1.54. The lowest BCUT2D eigenvalue weighted by Crippen LogP contribution is -2.37. The molecule has 0 radical (unpaired) electrons. The van der Waals surface area contributed by atoms with Gasteiger partial charge in [-0.3, -0.25) is 0 Å².